The maximum absolute atomic E-state index is 9.38. The minimum Gasteiger partial charge on any atom is -0.508 e. The highest BCUT2D eigenvalue weighted by Gasteiger charge is 2.11. The molecule has 0 unspecified atom stereocenters. The number of hydrogen-bond donors (Lipinski definition) is 1. The van der Waals surface area contributed by atoms with Crippen LogP contribution >= 0.6 is 11.3 Å². The Morgan fingerprint density at radius 3 is 3.07 bits per heavy atom. The van der Waals surface area contributed by atoms with Crippen LogP contribution in [-0.2, 0) is 0 Å². The molecule has 0 saturated carbocycles. The van der Waals surface area contributed by atoms with Crippen molar-refractivity contribution in [3.63, 3.8) is 0 Å². The van der Waals surface area contributed by atoms with Gasteiger partial charge in [-0.25, -0.2) is 0 Å². The number of fused-ring (bicyclic) bond motifs is 1. The molecule has 0 aliphatic carbocycles. The third-order valence-corrected chi connectivity index (χ3v) is 3.10. The summed E-state index contributed by atoms with van der Waals surface area (Å²) in [6.07, 6.45) is 0. The first-order valence-corrected chi connectivity index (χ1v) is 5.35. The number of hydrogen-bond acceptors (Lipinski definition) is 4. The van der Waals surface area contributed by atoms with Crippen molar-refractivity contribution in [2.24, 2.45) is 0 Å². The monoisotopic (exact) mass is 217 g/mol. The Bertz CT molecular complexity index is 612. The average molecular weight is 217 g/mol. The van der Waals surface area contributed by atoms with E-state index in [0.29, 0.717) is 0 Å². The number of aromatic hydroxyl groups is 1. The third-order valence-electron chi connectivity index (χ3n) is 2.20. The summed E-state index contributed by atoms with van der Waals surface area (Å²) in [4.78, 5) is 0. The van der Waals surface area contributed by atoms with Crippen LogP contribution in [0.2, 0.25) is 0 Å². The van der Waals surface area contributed by atoms with E-state index in [9.17, 15) is 5.11 Å². The van der Waals surface area contributed by atoms with Gasteiger partial charge in [-0.2, -0.15) is 0 Å². The first-order chi connectivity index (χ1) is 7.34. The first kappa shape index (κ1) is 8.49. The van der Waals surface area contributed by atoms with Crippen molar-refractivity contribution in [1.82, 2.24) is 5.16 Å². The quantitative estimate of drug-likeness (QED) is 0.680. The lowest BCUT2D eigenvalue weighted by Gasteiger charge is -1.95. The maximum Gasteiger partial charge on any atom is 0.178 e. The molecule has 0 saturated heterocycles. The summed E-state index contributed by atoms with van der Waals surface area (Å²) in [6, 6.07) is 8.89. The van der Waals surface area contributed by atoms with Crippen molar-refractivity contribution >= 4 is 21.6 Å². The summed E-state index contributed by atoms with van der Waals surface area (Å²) >= 11 is 1.58. The molecule has 0 fully saturated rings. The van der Waals surface area contributed by atoms with E-state index in [1.54, 1.807) is 29.5 Å². The molecule has 1 aromatic carbocycles. The topological polar surface area (TPSA) is 46.3 Å². The number of thiophene rings is 1. The van der Waals surface area contributed by atoms with Gasteiger partial charge in [-0.05, 0) is 23.6 Å². The van der Waals surface area contributed by atoms with E-state index in [4.69, 9.17) is 4.52 Å². The standard InChI is InChI=1S/C11H7NO2S/c13-8-3-1-2-7(6-8)10-11-9(14-12-10)4-5-15-11/h1-6,13H. The molecule has 0 radical (unpaired) electrons. The van der Waals surface area contributed by atoms with Gasteiger partial charge in [0, 0.05) is 5.56 Å². The van der Waals surface area contributed by atoms with Crippen LogP contribution in [0.3, 0.4) is 0 Å². The van der Waals surface area contributed by atoms with E-state index in [0.717, 1.165) is 21.5 Å². The lowest BCUT2D eigenvalue weighted by molar-refractivity contribution is 0.459. The molecule has 4 heteroatoms. The summed E-state index contributed by atoms with van der Waals surface area (Å²) in [5.41, 5.74) is 2.45. The van der Waals surface area contributed by atoms with Crippen LogP contribution < -0.4 is 0 Å². The van der Waals surface area contributed by atoms with Crippen LogP contribution in [0.15, 0.2) is 40.2 Å². The normalized spacial score (nSPS) is 10.9. The summed E-state index contributed by atoms with van der Waals surface area (Å²) in [6.45, 7) is 0. The van der Waals surface area contributed by atoms with Crippen molar-refractivity contribution in [2.75, 3.05) is 0 Å². The number of nitrogens with zero attached hydrogens (tertiary/aromatic N) is 1. The molecule has 0 bridgehead atoms. The van der Waals surface area contributed by atoms with E-state index in [2.05, 4.69) is 5.16 Å². The smallest absolute Gasteiger partial charge is 0.178 e. The van der Waals surface area contributed by atoms with Crippen LogP contribution in [0.5, 0.6) is 5.75 Å². The highest BCUT2D eigenvalue weighted by molar-refractivity contribution is 7.17. The minimum atomic E-state index is 0.236. The van der Waals surface area contributed by atoms with Gasteiger partial charge in [0.25, 0.3) is 0 Å². The molecule has 0 aliphatic rings. The van der Waals surface area contributed by atoms with E-state index in [-0.39, 0.29) is 5.75 Å². The molecular formula is C11H7NO2S. The second-order valence-electron chi connectivity index (χ2n) is 3.20. The van der Waals surface area contributed by atoms with Crippen LogP contribution in [0, 0.1) is 0 Å². The second-order valence-corrected chi connectivity index (χ2v) is 4.11. The van der Waals surface area contributed by atoms with Gasteiger partial charge in [0.1, 0.15) is 16.1 Å². The largest absolute Gasteiger partial charge is 0.508 e. The van der Waals surface area contributed by atoms with Gasteiger partial charge < -0.3 is 9.63 Å². The first-order valence-electron chi connectivity index (χ1n) is 4.47. The molecule has 74 valence electrons. The molecule has 0 spiro atoms. The minimum absolute atomic E-state index is 0.236. The van der Waals surface area contributed by atoms with Gasteiger partial charge in [0.15, 0.2) is 5.58 Å². The van der Waals surface area contributed by atoms with E-state index in [1.807, 2.05) is 17.5 Å². The number of phenolic OH excluding ortho intramolecular Hbond substituents is 1. The lowest BCUT2D eigenvalue weighted by Crippen LogP contribution is -1.75. The molecule has 15 heavy (non-hydrogen) atoms. The lowest BCUT2D eigenvalue weighted by atomic mass is 10.1. The Morgan fingerprint density at radius 1 is 1.27 bits per heavy atom. The van der Waals surface area contributed by atoms with Gasteiger partial charge in [-0.1, -0.05) is 17.3 Å². The third kappa shape index (κ3) is 1.30. The summed E-state index contributed by atoms with van der Waals surface area (Å²) < 4.78 is 6.18. The zero-order valence-electron chi connectivity index (χ0n) is 7.68. The second kappa shape index (κ2) is 3.10. The van der Waals surface area contributed by atoms with Gasteiger partial charge in [0.2, 0.25) is 0 Å². The molecule has 2 aromatic heterocycles. The Morgan fingerprint density at radius 2 is 2.20 bits per heavy atom. The van der Waals surface area contributed by atoms with Crippen LogP contribution in [0.1, 0.15) is 0 Å². The average Bonchev–Trinajstić information content (AvgIpc) is 2.77. The van der Waals surface area contributed by atoms with Crippen molar-refractivity contribution in [3.05, 3.63) is 35.7 Å². The van der Waals surface area contributed by atoms with Crippen molar-refractivity contribution in [1.29, 1.82) is 0 Å². The van der Waals surface area contributed by atoms with Crippen LogP contribution in [0.25, 0.3) is 21.5 Å². The molecule has 0 aliphatic heterocycles. The van der Waals surface area contributed by atoms with Crippen molar-refractivity contribution < 1.29 is 9.63 Å². The Hall–Kier alpha value is -1.81. The molecule has 1 N–H and O–H groups in total. The van der Waals surface area contributed by atoms with Gasteiger partial charge in [-0.3, -0.25) is 0 Å². The fourth-order valence-electron chi connectivity index (χ4n) is 1.52. The summed E-state index contributed by atoms with van der Waals surface area (Å²) in [5.74, 6) is 0.236. The molecule has 3 rings (SSSR count). The number of phenols is 1. The molecule has 3 aromatic rings. The fraction of sp³-hybridized carbons (Fsp3) is 0. The number of benzene rings is 1. The Balaban J connectivity index is 2.26. The van der Waals surface area contributed by atoms with Gasteiger partial charge in [-0.15, -0.1) is 11.3 Å². The van der Waals surface area contributed by atoms with Crippen LogP contribution in [0.4, 0.5) is 0 Å². The predicted octanol–water partition coefficient (Wildman–Crippen LogP) is 3.26. The fourth-order valence-corrected chi connectivity index (χ4v) is 2.33. The van der Waals surface area contributed by atoms with Crippen molar-refractivity contribution in [3.8, 4) is 17.0 Å². The van der Waals surface area contributed by atoms with E-state index >= 15 is 0 Å². The SMILES string of the molecule is Oc1cccc(-c2noc3ccsc23)c1. The number of rotatable bonds is 1. The summed E-state index contributed by atoms with van der Waals surface area (Å²) in [7, 11) is 0. The van der Waals surface area contributed by atoms with Crippen LogP contribution in [-0.4, -0.2) is 10.3 Å². The highest BCUT2D eigenvalue weighted by atomic mass is 32.1. The molecule has 2 heterocycles. The van der Waals surface area contributed by atoms with Gasteiger partial charge >= 0.3 is 0 Å². The maximum atomic E-state index is 9.38. The molecular weight excluding hydrogens is 210 g/mol. The van der Waals surface area contributed by atoms with Gasteiger partial charge in [0.05, 0.1) is 0 Å². The number of aromatic nitrogens is 1. The highest BCUT2D eigenvalue weighted by Crippen LogP contribution is 2.32. The molecule has 3 nitrogen and oxygen atoms in total. The zero-order chi connectivity index (χ0) is 10.3. The Labute approximate surface area is 89.6 Å². The zero-order valence-corrected chi connectivity index (χ0v) is 8.49. The van der Waals surface area contributed by atoms with E-state index in [1.165, 1.54) is 0 Å². The predicted molar refractivity (Wildman–Crippen MR) is 59.0 cm³/mol. The van der Waals surface area contributed by atoms with E-state index < -0.39 is 0 Å². The van der Waals surface area contributed by atoms with Crippen molar-refractivity contribution in [2.45, 2.75) is 0 Å². The Kier molecular flexibility index (Phi) is 1.76. The molecule has 0 atom stereocenters. The summed E-state index contributed by atoms with van der Waals surface area (Å²) in [5, 5.41) is 15.3. The molecule has 0 amide bonds.